The largest absolute Gasteiger partial charge is 0.296 e. The molecule has 1 N–H and O–H groups in total. The fourth-order valence-electron chi connectivity index (χ4n) is 1.24. The second kappa shape index (κ2) is 2.93. The van der Waals surface area contributed by atoms with E-state index in [-0.39, 0.29) is 11.3 Å². The van der Waals surface area contributed by atoms with Gasteiger partial charge in [0.1, 0.15) is 21.4 Å². The van der Waals surface area contributed by atoms with Gasteiger partial charge in [0, 0.05) is 0 Å². The van der Waals surface area contributed by atoms with E-state index in [1.54, 1.807) is 0 Å². The summed E-state index contributed by atoms with van der Waals surface area (Å²) < 4.78 is 0.677. The number of hydrazone groups is 1. The Kier molecular flexibility index (Phi) is 2.13. The molecule has 0 spiro atoms. The lowest BCUT2D eigenvalue weighted by molar-refractivity contribution is 0.543. The molecule has 70 valence electrons. The number of rotatable bonds is 0. The minimum Gasteiger partial charge on any atom is -0.296 e. The van der Waals surface area contributed by atoms with Crippen molar-refractivity contribution < 1.29 is 0 Å². The Hall–Kier alpha value is -0.130. The van der Waals surface area contributed by atoms with E-state index in [4.69, 9.17) is 23.2 Å². The molecule has 0 aromatic heterocycles. The molecule has 2 rings (SSSR count). The fraction of sp³-hybridized carbons (Fsp3) is 0.500. The van der Waals surface area contributed by atoms with Crippen LogP contribution in [0.2, 0.25) is 0 Å². The first kappa shape index (κ1) is 9.43. The van der Waals surface area contributed by atoms with Crippen molar-refractivity contribution in [3.8, 4) is 0 Å². The van der Waals surface area contributed by atoms with Gasteiger partial charge in [-0.15, -0.1) is 0 Å². The Morgan fingerprint density at radius 3 is 2.92 bits per heavy atom. The van der Waals surface area contributed by atoms with Crippen molar-refractivity contribution >= 4 is 54.2 Å². The summed E-state index contributed by atoms with van der Waals surface area (Å²) in [4.78, 5) is 8.02. The van der Waals surface area contributed by atoms with Crippen LogP contribution in [-0.4, -0.2) is 26.7 Å². The molecular formula is C6H5BrCl2N4. The highest BCUT2D eigenvalue weighted by Crippen LogP contribution is 2.31. The zero-order valence-corrected chi connectivity index (χ0v) is 9.65. The summed E-state index contributed by atoms with van der Waals surface area (Å²) >= 11 is 14.9. The van der Waals surface area contributed by atoms with Crippen molar-refractivity contribution in [2.45, 2.75) is 18.5 Å². The minimum absolute atomic E-state index is 0.152. The second-order valence-electron chi connectivity index (χ2n) is 2.93. The molecule has 0 aromatic rings. The molecule has 2 aliphatic heterocycles. The second-order valence-corrected chi connectivity index (χ2v) is 4.40. The van der Waals surface area contributed by atoms with Crippen LogP contribution in [0, 0.1) is 0 Å². The molecule has 7 heteroatoms. The van der Waals surface area contributed by atoms with E-state index in [1.807, 2.05) is 6.92 Å². The molecule has 0 bridgehead atoms. The Labute approximate surface area is 93.2 Å². The molecule has 0 amide bonds. The third-order valence-corrected chi connectivity index (χ3v) is 3.49. The predicted octanol–water partition coefficient (Wildman–Crippen LogP) is 1.67. The standard InChI is InChI=1S/C6H5BrCl2N4/c1-6-2(12-13-4(6)7)3(8)10-5(9)11-6/h2,12H,1H3. The smallest absolute Gasteiger partial charge is 0.219 e. The van der Waals surface area contributed by atoms with Gasteiger partial charge < -0.3 is 0 Å². The first-order valence-electron chi connectivity index (χ1n) is 3.52. The third-order valence-electron chi connectivity index (χ3n) is 2.03. The number of nitrogens with one attached hydrogen (secondary N) is 1. The maximum atomic E-state index is 5.90. The van der Waals surface area contributed by atoms with Gasteiger partial charge in [0.2, 0.25) is 5.29 Å². The molecule has 0 saturated heterocycles. The van der Waals surface area contributed by atoms with E-state index in [9.17, 15) is 0 Å². The number of hydrogen-bond donors (Lipinski definition) is 1. The molecule has 4 nitrogen and oxygen atoms in total. The predicted molar refractivity (Wildman–Crippen MR) is 58.3 cm³/mol. The van der Waals surface area contributed by atoms with E-state index >= 15 is 0 Å². The van der Waals surface area contributed by atoms with Crippen LogP contribution in [0.25, 0.3) is 0 Å². The van der Waals surface area contributed by atoms with Crippen LogP contribution < -0.4 is 5.43 Å². The normalized spacial score (nSPS) is 37.2. The van der Waals surface area contributed by atoms with Gasteiger partial charge in [-0.2, -0.15) is 5.10 Å². The lowest BCUT2D eigenvalue weighted by Crippen LogP contribution is -2.49. The van der Waals surface area contributed by atoms with E-state index in [1.165, 1.54) is 0 Å². The first-order valence-corrected chi connectivity index (χ1v) is 5.07. The highest BCUT2D eigenvalue weighted by molar-refractivity contribution is 9.18. The molecule has 13 heavy (non-hydrogen) atoms. The van der Waals surface area contributed by atoms with E-state index in [0.29, 0.717) is 9.79 Å². The third kappa shape index (κ3) is 1.30. The molecule has 0 aliphatic carbocycles. The summed E-state index contributed by atoms with van der Waals surface area (Å²) in [5.41, 5.74) is 2.27. The molecular weight excluding hydrogens is 279 g/mol. The van der Waals surface area contributed by atoms with Crippen molar-refractivity contribution in [2.24, 2.45) is 15.1 Å². The summed E-state index contributed by atoms with van der Waals surface area (Å²) in [6.45, 7) is 1.88. The summed E-state index contributed by atoms with van der Waals surface area (Å²) in [5, 5.41) is 4.52. The quantitative estimate of drug-likeness (QED) is 0.676. The van der Waals surface area contributed by atoms with Crippen LogP contribution in [0.4, 0.5) is 0 Å². The average Bonchev–Trinajstić information content (AvgIpc) is 2.27. The number of amidine groups is 1. The summed E-state index contributed by atoms with van der Waals surface area (Å²) in [7, 11) is 0. The Bertz CT molecular complexity index is 351. The maximum Gasteiger partial charge on any atom is 0.219 e. The van der Waals surface area contributed by atoms with Crippen molar-refractivity contribution in [1.29, 1.82) is 0 Å². The first-order chi connectivity index (χ1) is 6.04. The SMILES string of the molecule is CC12N=C(Cl)N=C(Cl)C1NN=C2Br. The average molecular weight is 284 g/mol. The van der Waals surface area contributed by atoms with Crippen molar-refractivity contribution in [2.75, 3.05) is 0 Å². The molecule has 2 heterocycles. The van der Waals surface area contributed by atoms with Crippen LogP contribution in [0.3, 0.4) is 0 Å². The van der Waals surface area contributed by atoms with Gasteiger partial charge >= 0.3 is 0 Å². The molecule has 0 radical (unpaired) electrons. The molecule has 0 fully saturated rings. The minimum atomic E-state index is -0.560. The Balaban J connectivity index is 2.48. The zero-order valence-electron chi connectivity index (χ0n) is 6.55. The number of nitrogens with zero attached hydrogens (tertiary/aromatic N) is 3. The number of hydrogen-bond acceptors (Lipinski definition) is 4. The van der Waals surface area contributed by atoms with Crippen LogP contribution in [-0.2, 0) is 0 Å². The van der Waals surface area contributed by atoms with Crippen LogP contribution >= 0.6 is 39.1 Å². The highest BCUT2D eigenvalue weighted by Gasteiger charge is 2.47. The van der Waals surface area contributed by atoms with Crippen molar-refractivity contribution in [3.63, 3.8) is 0 Å². The van der Waals surface area contributed by atoms with Gasteiger partial charge in [0.15, 0.2) is 0 Å². The molecule has 2 aliphatic rings. The molecule has 0 aromatic carbocycles. The van der Waals surface area contributed by atoms with E-state index in [0.717, 1.165) is 0 Å². The van der Waals surface area contributed by atoms with Gasteiger partial charge in [0.05, 0.1) is 0 Å². The maximum absolute atomic E-state index is 5.90. The number of halogens is 3. The Morgan fingerprint density at radius 2 is 2.23 bits per heavy atom. The van der Waals surface area contributed by atoms with Crippen LogP contribution in [0.1, 0.15) is 6.92 Å². The molecule has 2 atom stereocenters. The Morgan fingerprint density at radius 1 is 1.54 bits per heavy atom. The lowest BCUT2D eigenvalue weighted by Gasteiger charge is -2.27. The summed E-state index contributed by atoms with van der Waals surface area (Å²) in [6.07, 6.45) is 0. The molecule has 2 unspecified atom stereocenters. The summed E-state index contributed by atoms with van der Waals surface area (Å²) in [5.74, 6) is 0. The lowest BCUT2D eigenvalue weighted by atomic mass is 9.96. The van der Waals surface area contributed by atoms with Crippen LogP contribution in [0.15, 0.2) is 15.1 Å². The van der Waals surface area contributed by atoms with Crippen LogP contribution in [0.5, 0.6) is 0 Å². The zero-order chi connectivity index (χ0) is 9.64. The van der Waals surface area contributed by atoms with Gasteiger partial charge in [-0.25, -0.2) is 9.98 Å². The van der Waals surface area contributed by atoms with E-state index < -0.39 is 5.54 Å². The fourth-order valence-corrected chi connectivity index (χ4v) is 2.32. The van der Waals surface area contributed by atoms with Crippen molar-refractivity contribution in [1.82, 2.24) is 5.43 Å². The monoisotopic (exact) mass is 282 g/mol. The van der Waals surface area contributed by atoms with Gasteiger partial charge in [-0.1, -0.05) is 11.6 Å². The molecule has 0 saturated carbocycles. The highest BCUT2D eigenvalue weighted by atomic mass is 79.9. The van der Waals surface area contributed by atoms with Gasteiger partial charge in [-0.3, -0.25) is 5.43 Å². The number of fused-ring (bicyclic) bond motifs is 1. The van der Waals surface area contributed by atoms with Gasteiger partial charge in [-0.05, 0) is 34.5 Å². The number of aliphatic imine (C=N–C) groups is 2. The summed E-state index contributed by atoms with van der Waals surface area (Å²) in [6, 6.07) is -0.217. The van der Waals surface area contributed by atoms with E-state index in [2.05, 4.69) is 36.4 Å². The van der Waals surface area contributed by atoms with Gasteiger partial charge in [0.25, 0.3) is 0 Å². The van der Waals surface area contributed by atoms with Crippen molar-refractivity contribution in [3.05, 3.63) is 0 Å². The topological polar surface area (TPSA) is 49.1 Å².